The molecule has 0 spiro atoms. The predicted octanol–water partition coefficient (Wildman–Crippen LogP) is 2.27. The molecule has 0 saturated carbocycles. The molecule has 0 fully saturated rings. The van der Waals surface area contributed by atoms with E-state index < -0.39 is 8.88 Å². The van der Waals surface area contributed by atoms with Crippen molar-refractivity contribution in [2.24, 2.45) is 0 Å². The Bertz CT molecular complexity index is 170. The zero-order valence-corrected chi connectivity index (χ0v) is 13.1. The molecule has 17 heavy (non-hydrogen) atoms. The third-order valence-corrected chi connectivity index (χ3v) is 5.27. The summed E-state index contributed by atoms with van der Waals surface area (Å²) in [4.78, 5) is 6.91. The summed E-state index contributed by atoms with van der Waals surface area (Å²) in [6.07, 6.45) is 4.82. The highest BCUT2D eigenvalue weighted by Gasteiger charge is 2.38. The Kier molecular flexibility index (Phi) is 10.1. The van der Waals surface area contributed by atoms with E-state index in [2.05, 4.69) is 23.8 Å². The van der Waals surface area contributed by atoms with E-state index in [1.54, 1.807) is 7.11 Å². The first kappa shape index (κ1) is 17.1. The van der Waals surface area contributed by atoms with Gasteiger partial charge in [0.05, 0.1) is 0 Å². The number of unbranched alkanes of at least 4 members (excludes halogenated alkanes) is 2. The molecule has 0 bridgehead atoms. The van der Waals surface area contributed by atoms with Gasteiger partial charge in [0.15, 0.2) is 0 Å². The summed E-state index contributed by atoms with van der Waals surface area (Å²) in [5, 5.41) is 0. The van der Waals surface area contributed by atoms with Crippen molar-refractivity contribution in [3.05, 3.63) is 0 Å². The van der Waals surface area contributed by atoms with E-state index in [1.807, 2.05) is 13.8 Å². The second-order valence-corrected chi connectivity index (χ2v) is 7.13. The van der Waals surface area contributed by atoms with E-state index in [1.165, 1.54) is 12.8 Å². The number of nitrogens with one attached hydrogen (secondary N) is 2. The van der Waals surface area contributed by atoms with Crippen LogP contribution in [-0.4, -0.2) is 35.2 Å². The molecule has 5 heteroatoms. The van der Waals surface area contributed by atoms with Crippen LogP contribution in [0.4, 0.5) is 0 Å². The zero-order valence-electron chi connectivity index (χ0n) is 12.1. The highest BCUT2D eigenvalue weighted by Crippen LogP contribution is 2.04. The van der Waals surface area contributed by atoms with Crippen LogP contribution in [0.1, 0.15) is 53.4 Å². The Balaban J connectivity index is 4.28. The van der Waals surface area contributed by atoms with Gasteiger partial charge in [0.1, 0.15) is 0 Å². The molecule has 4 nitrogen and oxygen atoms in total. The van der Waals surface area contributed by atoms with Crippen LogP contribution in [0.25, 0.3) is 0 Å². The van der Waals surface area contributed by atoms with E-state index in [-0.39, 0.29) is 6.10 Å². The SMILES string of the molecule is CCCCN[Si](NCCCC)(OC)OC(C)C. The molecule has 104 valence electrons. The minimum Gasteiger partial charge on any atom is -0.374 e. The second-order valence-electron chi connectivity index (χ2n) is 4.55. The van der Waals surface area contributed by atoms with Crippen molar-refractivity contribution in [1.82, 2.24) is 9.96 Å². The summed E-state index contributed by atoms with van der Waals surface area (Å²) in [5.41, 5.74) is 0. The van der Waals surface area contributed by atoms with Gasteiger partial charge >= 0.3 is 8.88 Å². The maximum absolute atomic E-state index is 5.97. The molecule has 0 saturated heterocycles. The first-order valence-electron chi connectivity index (χ1n) is 6.83. The van der Waals surface area contributed by atoms with Crippen molar-refractivity contribution in [3.8, 4) is 0 Å². The van der Waals surface area contributed by atoms with Crippen molar-refractivity contribution in [2.75, 3.05) is 20.2 Å². The van der Waals surface area contributed by atoms with Crippen LogP contribution < -0.4 is 9.96 Å². The summed E-state index contributed by atoms with van der Waals surface area (Å²) in [6.45, 7) is 10.4. The van der Waals surface area contributed by atoms with Gasteiger partial charge in [0.2, 0.25) is 0 Å². The molecule has 0 aliphatic carbocycles. The van der Waals surface area contributed by atoms with E-state index in [0.29, 0.717) is 0 Å². The van der Waals surface area contributed by atoms with Crippen molar-refractivity contribution in [3.63, 3.8) is 0 Å². The molecule has 0 aliphatic heterocycles. The van der Waals surface area contributed by atoms with Crippen LogP contribution in [0.5, 0.6) is 0 Å². The average molecular weight is 262 g/mol. The van der Waals surface area contributed by atoms with Crippen molar-refractivity contribution < 1.29 is 8.85 Å². The van der Waals surface area contributed by atoms with Crippen LogP contribution >= 0.6 is 0 Å². The maximum atomic E-state index is 5.97. The van der Waals surface area contributed by atoms with E-state index in [0.717, 1.165) is 25.9 Å². The highest BCUT2D eigenvalue weighted by atomic mass is 28.4. The van der Waals surface area contributed by atoms with Gasteiger partial charge in [-0.15, -0.1) is 0 Å². The van der Waals surface area contributed by atoms with Crippen molar-refractivity contribution >= 4 is 8.88 Å². The van der Waals surface area contributed by atoms with Gasteiger partial charge in [-0.05, 0) is 39.8 Å². The molecule has 2 N–H and O–H groups in total. The van der Waals surface area contributed by atoms with Gasteiger partial charge in [-0.3, -0.25) is 9.96 Å². The molecule has 0 radical (unpaired) electrons. The Labute approximate surface area is 108 Å². The van der Waals surface area contributed by atoms with Crippen LogP contribution in [0.15, 0.2) is 0 Å². The Hall–Kier alpha value is 0.0569. The normalized spacial score (nSPS) is 12.4. The predicted molar refractivity (Wildman–Crippen MR) is 74.8 cm³/mol. The monoisotopic (exact) mass is 262 g/mol. The largest absolute Gasteiger partial charge is 0.516 e. The van der Waals surface area contributed by atoms with Crippen LogP contribution in [-0.2, 0) is 8.85 Å². The third kappa shape index (κ3) is 7.89. The minimum absolute atomic E-state index is 0.171. The lowest BCUT2D eigenvalue weighted by atomic mass is 10.3. The Morgan fingerprint density at radius 3 is 1.76 bits per heavy atom. The molecular weight excluding hydrogens is 232 g/mol. The van der Waals surface area contributed by atoms with Crippen LogP contribution in [0.2, 0.25) is 0 Å². The lowest BCUT2D eigenvalue weighted by molar-refractivity contribution is 0.132. The summed E-state index contributed by atoms with van der Waals surface area (Å²) in [5.74, 6) is 0. The van der Waals surface area contributed by atoms with Gasteiger partial charge in [-0.1, -0.05) is 26.7 Å². The molecular formula is C12H30N2O2Si. The minimum atomic E-state index is -2.41. The first-order chi connectivity index (χ1) is 8.10. The topological polar surface area (TPSA) is 42.5 Å². The van der Waals surface area contributed by atoms with Gasteiger partial charge in [-0.2, -0.15) is 0 Å². The number of rotatable bonds is 11. The van der Waals surface area contributed by atoms with Crippen molar-refractivity contribution in [1.29, 1.82) is 0 Å². The molecule has 0 amide bonds. The second kappa shape index (κ2) is 10.0. The number of hydrogen-bond acceptors (Lipinski definition) is 4. The quantitative estimate of drug-likeness (QED) is 0.443. The fourth-order valence-corrected chi connectivity index (χ4v) is 3.88. The molecule has 0 aromatic carbocycles. The lowest BCUT2D eigenvalue weighted by Gasteiger charge is -2.31. The van der Waals surface area contributed by atoms with E-state index in [9.17, 15) is 0 Å². The molecule has 0 heterocycles. The van der Waals surface area contributed by atoms with Gasteiger partial charge in [-0.25, -0.2) is 0 Å². The molecule has 0 aliphatic rings. The average Bonchev–Trinajstić information content (AvgIpc) is 2.28. The van der Waals surface area contributed by atoms with E-state index in [4.69, 9.17) is 8.85 Å². The lowest BCUT2D eigenvalue weighted by Crippen LogP contribution is -2.67. The number of hydrogen-bond donors (Lipinski definition) is 2. The summed E-state index contributed by atoms with van der Waals surface area (Å²) < 4.78 is 11.6. The summed E-state index contributed by atoms with van der Waals surface area (Å²) >= 11 is 0. The van der Waals surface area contributed by atoms with Crippen LogP contribution in [0.3, 0.4) is 0 Å². The first-order valence-corrected chi connectivity index (χ1v) is 8.64. The molecule has 0 unspecified atom stereocenters. The maximum Gasteiger partial charge on any atom is 0.516 e. The molecule has 0 aromatic rings. The fraction of sp³-hybridized carbons (Fsp3) is 1.00. The third-order valence-electron chi connectivity index (χ3n) is 2.47. The fourth-order valence-electron chi connectivity index (χ4n) is 1.53. The van der Waals surface area contributed by atoms with Crippen molar-refractivity contribution in [2.45, 2.75) is 59.5 Å². The summed E-state index contributed by atoms with van der Waals surface area (Å²) in [6, 6.07) is 0. The zero-order chi connectivity index (χ0) is 13.1. The Morgan fingerprint density at radius 1 is 1.00 bits per heavy atom. The van der Waals surface area contributed by atoms with Crippen LogP contribution in [0, 0.1) is 0 Å². The molecule has 0 atom stereocenters. The molecule has 0 rings (SSSR count). The highest BCUT2D eigenvalue weighted by molar-refractivity contribution is 6.62. The smallest absolute Gasteiger partial charge is 0.374 e. The van der Waals surface area contributed by atoms with Gasteiger partial charge in [0, 0.05) is 13.2 Å². The van der Waals surface area contributed by atoms with E-state index >= 15 is 0 Å². The standard InChI is InChI=1S/C12H30N2O2Si/c1-6-8-10-13-17(15-5,16-12(3)4)14-11-9-7-2/h12-14H,6-11H2,1-5H3. The molecule has 0 aromatic heterocycles. The van der Waals surface area contributed by atoms with Gasteiger partial charge in [0.25, 0.3) is 0 Å². The Morgan fingerprint density at radius 2 is 1.47 bits per heavy atom. The summed E-state index contributed by atoms with van der Waals surface area (Å²) in [7, 11) is -0.678. The van der Waals surface area contributed by atoms with Gasteiger partial charge < -0.3 is 8.85 Å².